The maximum absolute atomic E-state index is 13.6. The number of carbonyl (C=O) groups is 8. The molecule has 2 heterocycles. The fourth-order valence-corrected chi connectivity index (χ4v) is 7.71. The molecule has 2 saturated heterocycles. The standard InChI is InChI=1S/C43H71BN12O14/c1-51(2)43(45)47-13-5-6-33(50-36(59)26-52-14-16-53(27-38(61)62)18-20-55(29-40(65)66)21-19-54(17-15-52)28-39(63)64)42(68)46-12-4-3-7-35(58)48-23-30-8-10-31(11-9-30)41(67)49-24-37(60)56-25-32(57)22-34(56)44(69)70/h8-11,32-34,57,69-70H,3-7,12-29H2,1-2H3,(H2,45,47)(H,46,68)(H,48,58)(H,49,67)(H,50,59)(H,61,62)(H,63,64)(H,65,66). The molecule has 12 N–H and O–H groups in total. The van der Waals surface area contributed by atoms with Crippen LogP contribution in [0.5, 0.6) is 0 Å². The summed E-state index contributed by atoms with van der Waals surface area (Å²) in [7, 11) is 1.64. The summed E-state index contributed by atoms with van der Waals surface area (Å²) in [6.45, 7) is 0.780. The average Bonchev–Trinajstić information content (AvgIpc) is 3.70. The highest BCUT2D eigenvalue weighted by atomic mass is 16.4. The summed E-state index contributed by atoms with van der Waals surface area (Å²) in [5.74, 6) is -6.21. The SMILES string of the molecule is CN(C)C(N)=NCCCC(NC(=O)CN1CCN(CC(=O)O)CCN(CC(=O)O)CCN(CC(=O)O)CC1)C(=O)NCCCCC(=O)NCc1ccc(C(=O)NCC(=O)N2CC(O)CC2B(O)O)cc1. The van der Waals surface area contributed by atoms with Crippen molar-refractivity contribution in [3.05, 3.63) is 35.4 Å². The molecule has 70 heavy (non-hydrogen) atoms. The van der Waals surface area contributed by atoms with Gasteiger partial charge in [0.15, 0.2) is 5.96 Å². The van der Waals surface area contributed by atoms with E-state index in [9.17, 15) is 68.8 Å². The van der Waals surface area contributed by atoms with Crippen molar-refractivity contribution in [2.75, 3.05) is 119 Å². The largest absolute Gasteiger partial charge is 0.480 e. The molecule has 0 radical (unpaired) electrons. The summed E-state index contributed by atoms with van der Waals surface area (Å²) in [4.78, 5) is 114. The van der Waals surface area contributed by atoms with E-state index in [2.05, 4.69) is 26.3 Å². The molecule has 0 saturated carbocycles. The smallest absolute Gasteiger partial charge is 0.475 e. The molecule has 0 aliphatic carbocycles. The van der Waals surface area contributed by atoms with Crippen LogP contribution in [-0.4, -0.2) is 257 Å². The van der Waals surface area contributed by atoms with Crippen molar-refractivity contribution < 1.29 is 68.8 Å². The molecule has 2 aliphatic heterocycles. The lowest BCUT2D eigenvalue weighted by molar-refractivity contribution is -0.140. The lowest BCUT2D eigenvalue weighted by Crippen LogP contribution is -2.52. The van der Waals surface area contributed by atoms with E-state index >= 15 is 0 Å². The Morgan fingerprint density at radius 1 is 0.743 bits per heavy atom. The number of aliphatic carboxylic acids is 3. The van der Waals surface area contributed by atoms with Crippen molar-refractivity contribution in [1.82, 2.24) is 50.7 Å². The van der Waals surface area contributed by atoms with Gasteiger partial charge in [-0.25, -0.2) is 0 Å². The molecule has 3 unspecified atom stereocenters. The van der Waals surface area contributed by atoms with Gasteiger partial charge in [-0.3, -0.25) is 62.9 Å². The zero-order chi connectivity index (χ0) is 51.8. The molecule has 27 heteroatoms. The van der Waals surface area contributed by atoms with E-state index in [1.807, 2.05) is 0 Å². The number of hydrogen-bond donors (Lipinski definition) is 11. The molecule has 5 amide bonds. The predicted molar refractivity (Wildman–Crippen MR) is 254 cm³/mol. The number of aliphatic hydroxyl groups excluding tert-OH is 1. The minimum absolute atomic E-state index is 0.0109. The molecule has 0 bridgehead atoms. The number of β-amino-alcohol motifs (C(OH)–C–C–N with tert-alkyl or cyclic N) is 1. The molecule has 390 valence electrons. The number of hydrogen-bond acceptors (Lipinski definition) is 16. The van der Waals surface area contributed by atoms with Crippen LogP contribution in [0.1, 0.15) is 54.4 Å². The lowest BCUT2D eigenvalue weighted by Gasteiger charge is -2.33. The maximum Gasteiger partial charge on any atom is 0.475 e. The van der Waals surface area contributed by atoms with Crippen LogP contribution in [0.2, 0.25) is 0 Å². The number of aliphatic hydroxyl groups is 1. The summed E-state index contributed by atoms with van der Waals surface area (Å²) in [6, 6.07) is 5.38. The van der Waals surface area contributed by atoms with Gasteiger partial charge in [-0.1, -0.05) is 12.1 Å². The predicted octanol–water partition coefficient (Wildman–Crippen LogP) is -5.09. The topological polar surface area (TPSA) is 364 Å². The van der Waals surface area contributed by atoms with Gasteiger partial charge in [0.25, 0.3) is 5.91 Å². The molecular weight excluding hydrogens is 919 g/mol. The van der Waals surface area contributed by atoms with Gasteiger partial charge in [-0.2, -0.15) is 0 Å². The summed E-state index contributed by atoms with van der Waals surface area (Å²) < 4.78 is 0. The fraction of sp³-hybridized carbons (Fsp3) is 0.651. The van der Waals surface area contributed by atoms with Crippen LogP contribution in [0.25, 0.3) is 0 Å². The third-order valence-electron chi connectivity index (χ3n) is 11.6. The van der Waals surface area contributed by atoms with Crippen molar-refractivity contribution in [1.29, 1.82) is 0 Å². The van der Waals surface area contributed by atoms with Gasteiger partial charge >= 0.3 is 25.0 Å². The van der Waals surface area contributed by atoms with Crippen LogP contribution in [0, 0.1) is 0 Å². The van der Waals surface area contributed by atoms with E-state index in [4.69, 9.17) is 5.73 Å². The van der Waals surface area contributed by atoms with Crippen LogP contribution >= 0.6 is 0 Å². The third kappa shape index (κ3) is 22.6. The number of nitrogens with one attached hydrogen (secondary N) is 4. The van der Waals surface area contributed by atoms with E-state index in [1.165, 1.54) is 12.1 Å². The minimum atomic E-state index is -1.82. The zero-order valence-corrected chi connectivity index (χ0v) is 40.0. The highest BCUT2D eigenvalue weighted by molar-refractivity contribution is 6.43. The number of unbranched alkanes of at least 4 members (excludes halogenated alkanes) is 1. The summed E-state index contributed by atoms with van der Waals surface area (Å²) in [5.41, 5.74) is 6.88. The number of nitrogens with zero attached hydrogens (tertiary/aromatic N) is 7. The minimum Gasteiger partial charge on any atom is -0.480 e. The lowest BCUT2D eigenvalue weighted by atomic mass is 9.77. The van der Waals surface area contributed by atoms with Crippen molar-refractivity contribution in [3.8, 4) is 0 Å². The Bertz CT molecular complexity index is 1900. The van der Waals surface area contributed by atoms with Gasteiger partial charge in [0.1, 0.15) is 6.04 Å². The molecule has 1 aromatic rings. The first-order valence-corrected chi connectivity index (χ1v) is 23.3. The van der Waals surface area contributed by atoms with Gasteiger partial charge in [-0.05, 0) is 49.8 Å². The molecule has 3 atom stereocenters. The zero-order valence-electron chi connectivity index (χ0n) is 40.0. The number of nitrogens with two attached hydrogens (primary N) is 1. The van der Waals surface area contributed by atoms with Crippen LogP contribution in [0.3, 0.4) is 0 Å². The van der Waals surface area contributed by atoms with Gasteiger partial charge in [0.05, 0.1) is 44.8 Å². The first-order valence-electron chi connectivity index (χ1n) is 23.3. The third-order valence-corrected chi connectivity index (χ3v) is 11.6. The molecule has 2 fully saturated rings. The molecule has 3 rings (SSSR count). The Morgan fingerprint density at radius 2 is 1.27 bits per heavy atom. The van der Waals surface area contributed by atoms with Crippen LogP contribution < -0.4 is 27.0 Å². The molecule has 26 nitrogen and oxygen atoms in total. The number of carboxylic acids is 3. The second kappa shape index (κ2) is 30.6. The van der Waals surface area contributed by atoms with Gasteiger partial charge in [-0.15, -0.1) is 0 Å². The van der Waals surface area contributed by atoms with Crippen LogP contribution in [-0.2, 0) is 40.1 Å². The first-order chi connectivity index (χ1) is 33.2. The van der Waals surface area contributed by atoms with Crippen molar-refractivity contribution in [2.45, 2.75) is 63.2 Å². The molecule has 0 aromatic heterocycles. The van der Waals surface area contributed by atoms with Crippen molar-refractivity contribution in [2.24, 2.45) is 10.7 Å². The van der Waals surface area contributed by atoms with Gasteiger partial charge in [0, 0.05) is 105 Å². The highest BCUT2D eigenvalue weighted by Crippen LogP contribution is 2.19. The van der Waals surface area contributed by atoms with E-state index in [0.29, 0.717) is 30.8 Å². The van der Waals surface area contributed by atoms with Crippen molar-refractivity contribution >= 4 is 60.5 Å². The summed E-state index contributed by atoms with van der Waals surface area (Å²) in [6.07, 6.45) is 0.743. The Hall–Kier alpha value is -5.97. The van der Waals surface area contributed by atoms with E-state index in [0.717, 1.165) is 4.90 Å². The number of guanidine groups is 1. The Kier molecular flexibility index (Phi) is 25.5. The molecule has 2 aliphatic rings. The number of likely N-dealkylation sites (tertiary alicyclic amines) is 1. The highest BCUT2D eigenvalue weighted by Gasteiger charge is 2.41. The Balaban J connectivity index is 1.52. The number of rotatable bonds is 25. The fourth-order valence-electron chi connectivity index (χ4n) is 7.71. The molecular formula is C43H71BN12O14. The average molecular weight is 991 g/mol. The second-order valence-electron chi connectivity index (χ2n) is 17.5. The summed E-state index contributed by atoms with van der Waals surface area (Å²) in [5, 5.41) is 68.3. The number of benzene rings is 1. The van der Waals surface area contributed by atoms with Gasteiger partial charge < -0.3 is 67.3 Å². The van der Waals surface area contributed by atoms with Crippen molar-refractivity contribution in [3.63, 3.8) is 0 Å². The summed E-state index contributed by atoms with van der Waals surface area (Å²) >= 11 is 0. The van der Waals surface area contributed by atoms with Crippen LogP contribution in [0.4, 0.5) is 0 Å². The van der Waals surface area contributed by atoms with E-state index in [-0.39, 0.29) is 135 Å². The monoisotopic (exact) mass is 991 g/mol. The first kappa shape index (κ1) is 58.3. The van der Waals surface area contributed by atoms with Gasteiger partial charge in [0.2, 0.25) is 23.6 Å². The quantitative estimate of drug-likeness (QED) is 0.0189. The number of carboxylic acid groups (broad SMARTS) is 3. The Labute approximate surface area is 407 Å². The molecule has 0 spiro atoms. The molecule has 1 aromatic carbocycles. The normalized spacial score (nSPS) is 18.4. The van der Waals surface area contributed by atoms with E-state index in [1.54, 1.807) is 50.7 Å². The number of carbonyl (C=O) groups excluding carboxylic acids is 5. The number of aliphatic imine (C=N–C) groups is 1. The van der Waals surface area contributed by atoms with Crippen LogP contribution in [0.15, 0.2) is 29.3 Å². The van der Waals surface area contributed by atoms with E-state index < -0.39 is 73.3 Å². The number of amides is 5. The second-order valence-corrected chi connectivity index (χ2v) is 17.5. The maximum atomic E-state index is 13.6. The Morgan fingerprint density at radius 3 is 1.77 bits per heavy atom.